The van der Waals surface area contributed by atoms with Gasteiger partial charge in [-0.15, -0.1) is 0 Å². The minimum Gasteiger partial charge on any atom is -0.496 e. The first-order valence-corrected chi connectivity index (χ1v) is 5.26. The molecule has 2 aromatic rings. The zero-order valence-electron chi connectivity index (χ0n) is 9.18. The zero-order chi connectivity index (χ0) is 13.3. The van der Waals surface area contributed by atoms with E-state index >= 15 is 0 Å². The molecule has 0 fully saturated rings. The molecule has 1 aromatic heterocycles. The van der Waals surface area contributed by atoms with E-state index < -0.39 is 11.9 Å². The summed E-state index contributed by atoms with van der Waals surface area (Å²) < 4.78 is 42.4. The van der Waals surface area contributed by atoms with Crippen molar-refractivity contribution in [2.75, 3.05) is 7.11 Å². The molecule has 0 bridgehead atoms. The Morgan fingerprint density at radius 3 is 2.56 bits per heavy atom. The molecule has 0 spiro atoms. The van der Waals surface area contributed by atoms with Gasteiger partial charge in [-0.3, -0.25) is 5.10 Å². The van der Waals surface area contributed by atoms with Crippen molar-refractivity contribution in [1.82, 2.24) is 10.2 Å². The zero-order valence-corrected chi connectivity index (χ0v) is 9.93. The van der Waals surface area contributed by atoms with Crippen LogP contribution < -0.4 is 4.74 Å². The van der Waals surface area contributed by atoms with Crippen LogP contribution in [-0.2, 0) is 6.18 Å². The molecule has 2 rings (SSSR count). The molecule has 96 valence electrons. The third-order valence-corrected chi connectivity index (χ3v) is 2.56. The van der Waals surface area contributed by atoms with Crippen LogP contribution in [0, 0.1) is 0 Å². The van der Waals surface area contributed by atoms with Crippen LogP contribution in [0.1, 0.15) is 5.69 Å². The van der Waals surface area contributed by atoms with Gasteiger partial charge in [0.2, 0.25) is 0 Å². The van der Waals surface area contributed by atoms with Crippen molar-refractivity contribution < 1.29 is 17.9 Å². The van der Waals surface area contributed by atoms with Crippen molar-refractivity contribution in [2.45, 2.75) is 6.18 Å². The highest BCUT2D eigenvalue weighted by Gasteiger charge is 2.33. The fourth-order valence-corrected chi connectivity index (χ4v) is 1.66. The smallest absolute Gasteiger partial charge is 0.432 e. The standard InChI is InChI=1S/C11H8ClF3N2O/c1-18-9-3-2-6(12)4-7(9)8-5-10(17-16-8)11(13,14)15/h2-5H,1H3,(H,16,17). The third-order valence-electron chi connectivity index (χ3n) is 2.32. The number of hydrogen-bond donors (Lipinski definition) is 1. The number of methoxy groups -OCH3 is 1. The first-order valence-electron chi connectivity index (χ1n) is 4.88. The summed E-state index contributed by atoms with van der Waals surface area (Å²) in [7, 11) is 1.42. The molecule has 0 aliphatic heterocycles. The van der Waals surface area contributed by atoms with Gasteiger partial charge in [0.05, 0.1) is 12.8 Å². The summed E-state index contributed by atoms with van der Waals surface area (Å²) in [6.45, 7) is 0. The van der Waals surface area contributed by atoms with Gasteiger partial charge in [-0.05, 0) is 24.3 Å². The van der Waals surface area contributed by atoms with E-state index in [9.17, 15) is 13.2 Å². The quantitative estimate of drug-likeness (QED) is 0.907. The molecule has 0 atom stereocenters. The van der Waals surface area contributed by atoms with Crippen molar-refractivity contribution in [1.29, 1.82) is 0 Å². The van der Waals surface area contributed by atoms with E-state index in [0.717, 1.165) is 6.07 Å². The van der Waals surface area contributed by atoms with Gasteiger partial charge in [-0.2, -0.15) is 18.3 Å². The lowest BCUT2D eigenvalue weighted by Crippen LogP contribution is -2.04. The molecule has 1 N–H and O–H groups in total. The summed E-state index contributed by atoms with van der Waals surface area (Å²) in [6, 6.07) is 5.56. The first-order chi connectivity index (χ1) is 8.41. The Labute approximate surface area is 106 Å². The molecule has 1 heterocycles. The minimum absolute atomic E-state index is 0.127. The van der Waals surface area contributed by atoms with E-state index in [1.807, 2.05) is 5.10 Å². The summed E-state index contributed by atoms with van der Waals surface area (Å²) in [6.07, 6.45) is -4.46. The van der Waals surface area contributed by atoms with Gasteiger partial charge in [0.1, 0.15) is 11.4 Å². The number of halogens is 4. The number of rotatable bonds is 2. The average molecular weight is 277 g/mol. The van der Waals surface area contributed by atoms with Crippen LogP contribution in [0.25, 0.3) is 11.3 Å². The van der Waals surface area contributed by atoms with E-state index in [2.05, 4.69) is 5.10 Å². The number of H-pyrrole nitrogens is 1. The van der Waals surface area contributed by atoms with E-state index in [1.54, 1.807) is 12.1 Å². The summed E-state index contributed by atoms with van der Waals surface area (Å²) in [4.78, 5) is 0. The second-order valence-corrected chi connectivity index (χ2v) is 3.95. The van der Waals surface area contributed by atoms with E-state index in [0.29, 0.717) is 16.3 Å². The summed E-state index contributed by atoms with van der Waals surface area (Å²) in [5, 5.41) is 5.95. The predicted molar refractivity (Wildman–Crippen MR) is 60.6 cm³/mol. The molecule has 7 heteroatoms. The summed E-state index contributed by atoms with van der Waals surface area (Å²) >= 11 is 5.80. The van der Waals surface area contributed by atoms with Gasteiger partial charge in [0.15, 0.2) is 0 Å². The maximum atomic E-state index is 12.5. The number of ether oxygens (including phenoxy) is 1. The largest absolute Gasteiger partial charge is 0.496 e. The predicted octanol–water partition coefficient (Wildman–Crippen LogP) is 3.76. The Morgan fingerprint density at radius 1 is 1.28 bits per heavy atom. The van der Waals surface area contributed by atoms with Crippen molar-refractivity contribution in [2.24, 2.45) is 0 Å². The lowest BCUT2D eigenvalue weighted by molar-refractivity contribution is -0.141. The molecular weight excluding hydrogens is 269 g/mol. The second kappa shape index (κ2) is 4.53. The molecule has 0 unspecified atom stereocenters. The molecule has 0 radical (unpaired) electrons. The van der Waals surface area contributed by atoms with Gasteiger partial charge in [-0.1, -0.05) is 11.6 Å². The van der Waals surface area contributed by atoms with Crippen molar-refractivity contribution in [3.05, 3.63) is 35.0 Å². The van der Waals surface area contributed by atoms with Crippen LogP contribution in [0.15, 0.2) is 24.3 Å². The molecule has 0 saturated heterocycles. The SMILES string of the molecule is COc1ccc(Cl)cc1-c1cc(C(F)(F)F)[nH]n1. The number of hydrogen-bond acceptors (Lipinski definition) is 2. The number of aromatic amines is 1. The second-order valence-electron chi connectivity index (χ2n) is 3.51. The third kappa shape index (κ3) is 2.43. The number of nitrogens with zero attached hydrogens (tertiary/aromatic N) is 1. The summed E-state index contributed by atoms with van der Waals surface area (Å²) in [5.74, 6) is 0.402. The highest BCUT2D eigenvalue weighted by Crippen LogP contribution is 2.34. The van der Waals surface area contributed by atoms with Crippen LogP contribution in [0.3, 0.4) is 0 Å². The highest BCUT2D eigenvalue weighted by atomic mass is 35.5. The maximum absolute atomic E-state index is 12.5. The fraction of sp³-hybridized carbons (Fsp3) is 0.182. The van der Waals surface area contributed by atoms with Crippen molar-refractivity contribution in [3.63, 3.8) is 0 Å². The number of nitrogens with one attached hydrogen (secondary N) is 1. The van der Waals surface area contributed by atoms with Crippen LogP contribution in [0.5, 0.6) is 5.75 Å². The molecular formula is C11H8ClF3N2O. The minimum atomic E-state index is -4.46. The van der Waals surface area contributed by atoms with Gasteiger partial charge in [0, 0.05) is 10.6 Å². The van der Waals surface area contributed by atoms with Crippen LogP contribution in [0.2, 0.25) is 5.02 Å². The molecule has 0 aliphatic carbocycles. The molecule has 0 aliphatic rings. The van der Waals surface area contributed by atoms with Gasteiger partial charge < -0.3 is 4.74 Å². The fourth-order valence-electron chi connectivity index (χ4n) is 1.49. The first kappa shape index (κ1) is 12.8. The van der Waals surface area contributed by atoms with Gasteiger partial charge >= 0.3 is 6.18 Å². The lowest BCUT2D eigenvalue weighted by Gasteiger charge is -2.06. The topological polar surface area (TPSA) is 37.9 Å². The maximum Gasteiger partial charge on any atom is 0.432 e. The molecule has 0 saturated carbocycles. The van der Waals surface area contributed by atoms with E-state index in [-0.39, 0.29) is 5.69 Å². The van der Waals surface area contributed by atoms with Gasteiger partial charge in [0.25, 0.3) is 0 Å². The Hall–Kier alpha value is -1.69. The van der Waals surface area contributed by atoms with Crippen LogP contribution in [-0.4, -0.2) is 17.3 Å². The van der Waals surface area contributed by atoms with Crippen molar-refractivity contribution in [3.8, 4) is 17.0 Å². The normalized spacial score (nSPS) is 11.6. The number of benzene rings is 1. The average Bonchev–Trinajstić information content (AvgIpc) is 2.77. The molecule has 1 aromatic carbocycles. The number of alkyl halides is 3. The molecule has 3 nitrogen and oxygen atoms in total. The Balaban J connectivity index is 2.49. The Bertz CT molecular complexity index is 566. The van der Waals surface area contributed by atoms with Gasteiger partial charge in [-0.25, -0.2) is 0 Å². The molecule has 0 amide bonds. The van der Waals surface area contributed by atoms with E-state index in [4.69, 9.17) is 16.3 Å². The lowest BCUT2D eigenvalue weighted by atomic mass is 10.1. The Morgan fingerprint density at radius 2 is 2.00 bits per heavy atom. The van der Waals surface area contributed by atoms with E-state index in [1.165, 1.54) is 13.2 Å². The summed E-state index contributed by atoms with van der Waals surface area (Å²) in [5.41, 5.74) is -0.391. The number of aromatic nitrogens is 2. The Kier molecular flexibility index (Phi) is 3.21. The van der Waals surface area contributed by atoms with Crippen LogP contribution in [0.4, 0.5) is 13.2 Å². The monoisotopic (exact) mass is 276 g/mol. The molecule has 18 heavy (non-hydrogen) atoms. The van der Waals surface area contributed by atoms with Crippen molar-refractivity contribution >= 4 is 11.6 Å². The van der Waals surface area contributed by atoms with Crippen LogP contribution >= 0.6 is 11.6 Å². The highest BCUT2D eigenvalue weighted by molar-refractivity contribution is 6.30.